The van der Waals surface area contributed by atoms with E-state index in [0.29, 0.717) is 0 Å². The van der Waals surface area contributed by atoms with Crippen molar-refractivity contribution < 1.29 is 23.9 Å². The van der Waals surface area contributed by atoms with Crippen LogP contribution in [-0.2, 0) is 23.9 Å². The number of ether oxygens (including phenoxy) is 1. The Hall–Kier alpha value is -1.22. The lowest BCUT2D eigenvalue weighted by atomic mass is 10.3. The van der Waals surface area contributed by atoms with E-state index in [1.807, 2.05) is 0 Å². The highest BCUT2D eigenvalue weighted by Gasteiger charge is 2.27. The van der Waals surface area contributed by atoms with Crippen LogP contribution in [-0.4, -0.2) is 47.3 Å². The smallest absolute Gasteiger partial charge is 0.337 e. The van der Waals surface area contributed by atoms with Gasteiger partial charge in [0.25, 0.3) is 0 Å². The Morgan fingerprint density at radius 2 is 1.21 bits per heavy atom. The number of hydrogen-bond donors (Lipinski definition) is 4. The van der Waals surface area contributed by atoms with Crippen LogP contribution in [0.25, 0.3) is 0 Å². The van der Waals surface area contributed by atoms with E-state index >= 15 is 0 Å². The lowest BCUT2D eigenvalue weighted by molar-refractivity contribution is -0.163. The lowest BCUT2D eigenvalue weighted by Crippen LogP contribution is -2.47. The number of hydrogen-bond acceptors (Lipinski definition) is 7. The van der Waals surface area contributed by atoms with Gasteiger partial charge in [0.15, 0.2) is 0 Å². The summed E-state index contributed by atoms with van der Waals surface area (Å²) < 4.78 is 4.55. The van der Waals surface area contributed by atoms with Gasteiger partial charge in [-0.1, -0.05) is 0 Å². The molecule has 0 aromatic carbocycles. The predicted octanol–water partition coefficient (Wildman–Crippen LogP) is -1.07. The minimum atomic E-state index is -1.03. The second-order valence-corrected chi connectivity index (χ2v) is 4.34. The maximum Gasteiger partial charge on any atom is 0.337 e. The van der Waals surface area contributed by atoms with Crippen LogP contribution in [0.1, 0.15) is 13.8 Å². The topological polar surface area (TPSA) is 102 Å². The highest BCUT2D eigenvalue weighted by Crippen LogP contribution is 1.98. The summed E-state index contributed by atoms with van der Waals surface area (Å²) in [5.41, 5.74) is 0. The third-order valence-electron chi connectivity index (χ3n) is 1.89. The molecule has 0 bridgehead atoms. The van der Waals surface area contributed by atoms with E-state index in [-0.39, 0.29) is 11.5 Å². The van der Waals surface area contributed by atoms with Crippen molar-refractivity contribution in [2.24, 2.45) is 0 Å². The summed E-state index contributed by atoms with van der Waals surface area (Å²) in [7, 11) is 0. The third kappa shape index (κ3) is 7.06. The van der Waals surface area contributed by atoms with Crippen LogP contribution in [0, 0.1) is 0 Å². The van der Waals surface area contributed by atoms with Gasteiger partial charge in [-0.2, -0.15) is 25.3 Å². The fourth-order valence-electron chi connectivity index (χ4n) is 1.09. The first-order chi connectivity index (χ1) is 8.81. The van der Waals surface area contributed by atoms with E-state index in [1.54, 1.807) is 0 Å². The van der Waals surface area contributed by atoms with Gasteiger partial charge in [0.1, 0.15) is 12.1 Å². The molecule has 108 valence electrons. The monoisotopic (exact) mass is 308 g/mol. The van der Waals surface area contributed by atoms with Crippen LogP contribution < -0.4 is 10.6 Å². The molecule has 0 fully saturated rings. The van der Waals surface area contributed by atoms with Gasteiger partial charge in [-0.3, -0.25) is 9.59 Å². The number of esters is 2. The van der Waals surface area contributed by atoms with Gasteiger partial charge < -0.3 is 15.4 Å². The molecule has 2 N–H and O–H groups in total. The van der Waals surface area contributed by atoms with E-state index in [2.05, 4.69) is 40.6 Å². The Morgan fingerprint density at radius 3 is 1.42 bits per heavy atom. The van der Waals surface area contributed by atoms with Gasteiger partial charge in [-0.05, 0) is 0 Å². The minimum absolute atomic E-state index is 0.0165. The first-order valence-corrected chi connectivity index (χ1v) is 6.59. The summed E-state index contributed by atoms with van der Waals surface area (Å²) in [6.07, 6.45) is 0. The second kappa shape index (κ2) is 8.81. The largest absolute Gasteiger partial charge is 0.390 e. The predicted molar refractivity (Wildman–Crippen MR) is 74.0 cm³/mol. The molecule has 0 aliphatic carbocycles. The number of thiol groups is 2. The molecule has 9 heteroatoms. The fourth-order valence-corrected chi connectivity index (χ4v) is 1.57. The van der Waals surface area contributed by atoms with Crippen LogP contribution >= 0.6 is 25.3 Å². The number of rotatable bonds is 6. The molecule has 0 radical (unpaired) electrons. The van der Waals surface area contributed by atoms with Crippen LogP contribution in [0.4, 0.5) is 0 Å². The van der Waals surface area contributed by atoms with Crippen molar-refractivity contribution in [2.75, 3.05) is 11.5 Å². The van der Waals surface area contributed by atoms with Crippen LogP contribution in [0.15, 0.2) is 0 Å². The van der Waals surface area contributed by atoms with E-state index in [1.165, 1.54) is 13.8 Å². The molecular formula is C10H16N2O5S2. The quantitative estimate of drug-likeness (QED) is 0.284. The summed E-state index contributed by atoms with van der Waals surface area (Å²) in [5, 5.41) is 4.57. The summed E-state index contributed by atoms with van der Waals surface area (Å²) in [5.74, 6) is -2.80. The number of amides is 2. The van der Waals surface area contributed by atoms with Crippen molar-refractivity contribution in [3.8, 4) is 0 Å². The van der Waals surface area contributed by atoms with Crippen LogP contribution in [0.5, 0.6) is 0 Å². The fraction of sp³-hybridized carbons (Fsp3) is 0.600. The van der Waals surface area contributed by atoms with Gasteiger partial charge in [0, 0.05) is 25.4 Å². The third-order valence-corrected chi connectivity index (χ3v) is 2.62. The molecule has 0 saturated carbocycles. The first kappa shape index (κ1) is 17.8. The van der Waals surface area contributed by atoms with Crippen molar-refractivity contribution in [2.45, 2.75) is 25.9 Å². The Kier molecular flexibility index (Phi) is 8.24. The maximum atomic E-state index is 11.6. The average molecular weight is 308 g/mol. The molecule has 0 aliphatic heterocycles. The molecule has 0 aliphatic rings. The molecule has 2 amide bonds. The minimum Gasteiger partial charge on any atom is -0.390 e. The number of carbonyl (C=O) groups excluding carboxylic acids is 4. The zero-order valence-electron chi connectivity index (χ0n) is 10.5. The van der Waals surface area contributed by atoms with Crippen LogP contribution in [0.2, 0.25) is 0 Å². The van der Waals surface area contributed by atoms with E-state index in [0.717, 1.165) is 0 Å². The van der Waals surface area contributed by atoms with E-state index < -0.39 is 35.8 Å². The summed E-state index contributed by atoms with van der Waals surface area (Å²) in [6, 6.07) is -2.05. The standard InChI is InChI=1S/C10H16N2O5S2/c1-5(13)11-7(3-18)9(15)17-10(16)8(4-19)12-6(2)14/h7-8,18-19H,3-4H2,1-2H3,(H,11,13)(H,12,14)/t7-,8-/m1/s1. The summed E-state index contributed by atoms with van der Waals surface area (Å²) >= 11 is 7.74. The normalized spacial score (nSPS) is 13.1. The highest BCUT2D eigenvalue weighted by molar-refractivity contribution is 7.80. The molecule has 0 rings (SSSR count). The molecule has 0 unspecified atom stereocenters. The average Bonchev–Trinajstić information content (AvgIpc) is 2.31. The lowest BCUT2D eigenvalue weighted by Gasteiger charge is -2.17. The molecule has 0 aromatic heterocycles. The zero-order chi connectivity index (χ0) is 15.0. The van der Waals surface area contributed by atoms with Crippen molar-refractivity contribution >= 4 is 49.0 Å². The van der Waals surface area contributed by atoms with Crippen molar-refractivity contribution in [3.63, 3.8) is 0 Å². The Labute approximate surface area is 121 Å². The van der Waals surface area contributed by atoms with Gasteiger partial charge in [-0.15, -0.1) is 0 Å². The molecule has 0 spiro atoms. The molecule has 0 aromatic rings. The van der Waals surface area contributed by atoms with Gasteiger partial charge in [0.05, 0.1) is 0 Å². The zero-order valence-corrected chi connectivity index (χ0v) is 12.3. The van der Waals surface area contributed by atoms with Crippen molar-refractivity contribution in [3.05, 3.63) is 0 Å². The molecular weight excluding hydrogens is 292 g/mol. The van der Waals surface area contributed by atoms with Crippen molar-refractivity contribution in [1.82, 2.24) is 10.6 Å². The van der Waals surface area contributed by atoms with Crippen LogP contribution in [0.3, 0.4) is 0 Å². The molecule has 19 heavy (non-hydrogen) atoms. The van der Waals surface area contributed by atoms with Gasteiger partial charge in [-0.25, -0.2) is 9.59 Å². The van der Waals surface area contributed by atoms with Gasteiger partial charge in [0.2, 0.25) is 11.8 Å². The number of nitrogens with one attached hydrogen (secondary N) is 2. The summed E-state index contributed by atoms with van der Waals surface area (Å²) in [4.78, 5) is 44.8. The van der Waals surface area contributed by atoms with Crippen molar-refractivity contribution in [1.29, 1.82) is 0 Å². The van der Waals surface area contributed by atoms with Gasteiger partial charge >= 0.3 is 11.9 Å². The Balaban J connectivity index is 4.55. The second-order valence-electron chi connectivity index (χ2n) is 3.61. The number of carbonyl (C=O) groups is 4. The van der Waals surface area contributed by atoms with E-state index in [9.17, 15) is 19.2 Å². The summed E-state index contributed by atoms with van der Waals surface area (Å²) in [6.45, 7) is 2.44. The Bertz CT molecular complexity index is 341. The van der Waals surface area contributed by atoms with E-state index in [4.69, 9.17) is 0 Å². The molecule has 7 nitrogen and oxygen atoms in total. The SMILES string of the molecule is CC(=O)N[C@H](CS)C(=O)OC(=O)[C@@H](CS)NC(C)=O. The molecule has 0 heterocycles. The maximum absolute atomic E-state index is 11.6. The first-order valence-electron chi connectivity index (χ1n) is 5.33. The Morgan fingerprint density at radius 1 is 0.895 bits per heavy atom. The highest BCUT2D eigenvalue weighted by atomic mass is 32.1. The molecule has 0 saturated heterocycles. The molecule has 2 atom stereocenters.